The Bertz CT molecular complexity index is 166. The highest BCUT2D eigenvalue weighted by molar-refractivity contribution is 5.02. The third kappa shape index (κ3) is 2.77. The first-order valence-corrected chi connectivity index (χ1v) is 2.83. The van der Waals surface area contributed by atoms with Crippen LogP contribution in [0.25, 0.3) is 0 Å². The Morgan fingerprint density at radius 1 is 1.50 bits per heavy atom. The van der Waals surface area contributed by atoms with Crippen LogP contribution in [-0.2, 0) is 6.54 Å². The minimum absolute atomic E-state index is 0. The van der Waals surface area contributed by atoms with E-state index in [1.165, 1.54) is 0 Å². The molecular weight excluding hydrogens is 150 g/mol. The van der Waals surface area contributed by atoms with Crippen molar-refractivity contribution in [1.29, 1.82) is 0 Å². The van der Waals surface area contributed by atoms with Gasteiger partial charge in [0, 0.05) is 6.20 Å². The molecule has 56 valence electrons. The second kappa shape index (κ2) is 5.17. The molecule has 3 nitrogen and oxygen atoms in total. The fourth-order valence-corrected chi connectivity index (χ4v) is 0.631. The predicted molar refractivity (Wildman–Crippen MR) is 34.0 cm³/mol. The predicted octanol–water partition coefficient (Wildman–Crippen LogP) is -3.67. The molecule has 1 heterocycles. The molecule has 1 aromatic rings. The van der Waals surface area contributed by atoms with Crippen molar-refractivity contribution in [1.82, 2.24) is 10.4 Å². The summed E-state index contributed by atoms with van der Waals surface area (Å²) in [6.45, 7) is 0.737. The van der Waals surface area contributed by atoms with Crippen LogP contribution in [-0.4, -0.2) is 4.98 Å². The topological polar surface area (TPSA) is 52.6 Å². The molecule has 0 aromatic carbocycles. The Balaban J connectivity index is 0.000000810. The SMILES string of the molecule is [Cl-].[NH3+]NCc1ccccn1. The Morgan fingerprint density at radius 3 is 2.80 bits per heavy atom. The van der Waals surface area contributed by atoms with E-state index in [1.807, 2.05) is 18.2 Å². The van der Waals surface area contributed by atoms with Crippen LogP contribution in [0.3, 0.4) is 0 Å². The summed E-state index contributed by atoms with van der Waals surface area (Å²) in [7, 11) is 0. The van der Waals surface area contributed by atoms with E-state index in [1.54, 1.807) is 6.20 Å². The summed E-state index contributed by atoms with van der Waals surface area (Å²) in [5, 5.41) is 0. The number of pyridine rings is 1. The quantitative estimate of drug-likeness (QED) is 0.437. The summed E-state index contributed by atoms with van der Waals surface area (Å²) in [6, 6.07) is 5.81. The molecule has 1 aromatic heterocycles. The van der Waals surface area contributed by atoms with Crippen molar-refractivity contribution in [3.05, 3.63) is 30.1 Å². The van der Waals surface area contributed by atoms with Crippen molar-refractivity contribution in [3.8, 4) is 0 Å². The lowest BCUT2D eigenvalue weighted by molar-refractivity contribution is -0.446. The lowest BCUT2D eigenvalue weighted by Gasteiger charge is -1.92. The average molecular weight is 160 g/mol. The third-order valence-electron chi connectivity index (χ3n) is 1.03. The molecule has 0 unspecified atom stereocenters. The average Bonchev–Trinajstić information content (AvgIpc) is 1.91. The lowest BCUT2D eigenvalue weighted by Crippen LogP contribution is -3.00. The first-order valence-electron chi connectivity index (χ1n) is 2.83. The van der Waals surface area contributed by atoms with Gasteiger partial charge < -0.3 is 12.4 Å². The Labute approximate surface area is 66.0 Å². The molecule has 0 spiro atoms. The van der Waals surface area contributed by atoms with Crippen molar-refractivity contribution in [2.45, 2.75) is 6.54 Å². The molecule has 0 fully saturated rings. The molecule has 0 bridgehead atoms. The van der Waals surface area contributed by atoms with Crippen LogP contribution < -0.4 is 23.7 Å². The largest absolute Gasteiger partial charge is 1.00 e. The van der Waals surface area contributed by atoms with E-state index in [0.29, 0.717) is 0 Å². The molecule has 0 radical (unpaired) electrons. The van der Waals surface area contributed by atoms with Crippen molar-refractivity contribution in [2.75, 3.05) is 0 Å². The fraction of sp³-hybridized carbons (Fsp3) is 0.167. The summed E-state index contributed by atoms with van der Waals surface area (Å²) in [5.41, 5.74) is 3.79. The maximum absolute atomic E-state index is 4.07. The van der Waals surface area contributed by atoms with Gasteiger partial charge in [-0.25, -0.2) is 0 Å². The van der Waals surface area contributed by atoms with E-state index in [-0.39, 0.29) is 12.4 Å². The third-order valence-corrected chi connectivity index (χ3v) is 1.03. The summed E-state index contributed by atoms with van der Waals surface area (Å²) >= 11 is 0. The first kappa shape index (κ1) is 9.36. The van der Waals surface area contributed by atoms with Gasteiger partial charge in [0.15, 0.2) is 0 Å². The molecule has 4 heteroatoms. The lowest BCUT2D eigenvalue weighted by atomic mass is 10.4. The molecule has 4 N–H and O–H groups in total. The van der Waals surface area contributed by atoms with Crippen LogP contribution in [0.1, 0.15) is 5.69 Å². The van der Waals surface area contributed by atoms with E-state index in [2.05, 4.69) is 16.3 Å². The zero-order valence-corrected chi connectivity index (χ0v) is 6.30. The van der Waals surface area contributed by atoms with Crippen LogP contribution in [0.2, 0.25) is 0 Å². The molecule has 0 saturated heterocycles. The number of rotatable bonds is 2. The van der Waals surface area contributed by atoms with Gasteiger partial charge in [0.1, 0.15) is 0 Å². The molecule has 1 rings (SSSR count). The number of quaternary nitrogens is 1. The van der Waals surface area contributed by atoms with E-state index in [4.69, 9.17) is 0 Å². The van der Waals surface area contributed by atoms with E-state index in [9.17, 15) is 0 Å². The van der Waals surface area contributed by atoms with Crippen molar-refractivity contribution >= 4 is 0 Å². The molecule has 0 amide bonds. The number of hydrogen-bond donors (Lipinski definition) is 2. The van der Waals surface area contributed by atoms with E-state index < -0.39 is 0 Å². The zero-order chi connectivity index (χ0) is 6.53. The summed E-state index contributed by atoms with van der Waals surface area (Å²) < 4.78 is 0. The number of hydrogen-bond acceptors (Lipinski definition) is 2. The van der Waals surface area contributed by atoms with E-state index in [0.717, 1.165) is 12.2 Å². The van der Waals surface area contributed by atoms with Gasteiger partial charge in [-0.15, -0.1) is 0 Å². The van der Waals surface area contributed by atoms with Crippen LogP contribution >= 0.6 is 0 Å². The molecular formula is C6H10ClN3. The summed E-state index contributed by atoms with van der Waals surface area (Å²) in [5.74, 6) is 3.49. The molecule has 0 aliphatic rings. The smallest absolute Gasteiger partial charge is 0.0865 e. The second-order valence-electron chi connectivity index (χ2n) is 1.75. The van der Waals surface area contributed by atoms with Crippen LogP contribution in [0.15, 0.2) is 24.4 Å². The molecule has 0 aliphatic carbocycles. The zero-order valence-electron chi connectivity index (χ0n) is 5.55. The van der Waals surface area contributed by atoms with Gasteiger partial charge in [0.25, 0.3) is 0 Å². The van der Waals surface area contributed by atoms with Gasteiger partial charge >= 0.3 is 0 Å². The Kier molecular flexibility index (Phi) is 4.84. The molecule has 0 atom stereocenters. The molecule has 0 aliphatic heterocycles. The monoisotopic (exact) mass is 159 g/mol. The highest BCUT2D eigenvalue weighted by Crippen LogP contribution is 1.89. The fourth-order valence-electron chi connectivity index (χ4n) is 0.631. The van der Waals surface area contributed by atoms with Crippen molar-refractivity contribution in [2.24, 2.45) is 0 Å². The highest BCUT2D eigenvalue weighted by atomic mass is 35.5. The minimum Gasteiger partial charge on any atom is -1.00 e. The van der Waals surface area contributed by atoms with Crippen LogP contribution in [0.4, 0.5) is 0 Å². The van der Waals surface area contributed by atoms with Gasteiger partial charge in [-0.3, -0.25) is 10.8 Å². The van der Waals surface area contributed by atoms with Gasteiger partial charge in [0.2, 0.25) is 0 Å². The minimum atomic E-state index is 0. The number of nitrogens with one attached hydrogen (secondary N) is 1. The maximum Gasteiger partial charge on any atom is 0.0865 e. The molecule has 10 heavy (non-hydrogen) atoms. The Hall–Kier alpha value is -0.640. The van der Waals surface area contributed by atoms with Gasteiger partial charge in [0.05, 0.1) is 12.2 Å². The van der Waals surface area contributed by atoms with Crippen molar-refractivity contribution in [3.63, 3.8) is 0 Å². The second-order valence-corrected chi connectivity index (χ2v) is 1.75. The van der Waals surface area contributed by atoms with Gasteiger partial charge in [-0.1, -0.05) is 6.07 Å². The number of nitrogens with zero attached hydrogens (tertiary/aromatic N) is 1. The summed E-state index contributed by atoms with van der Waals surface area (Å²) in [4.78, 5) is 4.07. The maximum atomic E-state index is 4.07. The normalized spacial score (nSPS) is 8.50. The Morgan fingerprint density at radius 2 is 2.30 bits per heavy atom. The summed E-state index contributed by atoms with van der Waals surface area (Å²) in [6.07, 6.45) is 1.77. The van der Waals surface area contributed by atoms with Crippen LogP contribution in [0, 0.1) is 0 Å². The van der Waals surface area contributed by atoms with E-state index >= 15 is 0 Å². The molecule has 0 saturated carbocycles. The highest BCUT2D eigenvalue weighted by Gasteiger charge is 1.87. The van der Waals surface area contributed by atoms with Crippen LogP contribution in [0.5, 0.6) is 0 Å². The van der Waals surface area contributed by atoms with Gasteiger partial charge in [-0.05, 0) is 12.1 Å². The number of aromatic nitrogens is 1. The van der Waals surface area contributed by atoms with Crippen molar-refractivity contribution < 1.29 is 18.2 Å². The number of halogens is 1. The standard InChI is InChI=1S/C6H9N3.ClH/c7-9-5-6-3-1-2-4-8-6;/h1-4,9H,5,7H2;1H. The van der Waals surface area contributed by atoms with Gasteiger partial charge in [-0.2, -0.15) is 5.43 Å². The first-order chi connectivity index (χ1) is 4.43.